The number of ketones is 1. The van der Waals surface area contributed by atoms with Gasteiger partial charge in [-0.3, -0.25) is 19.4 Å². The van der Waals surface area contributed by atoms with Crippen LogP contribution in [0.15, 0.2) is 59.3 Å². The lowest BCUT2D eigenvalue weighted by Crippen LogP contribution is -2.46. The highest BCUT2D eigenvalue weighted by atomic mass is 16.7. The zero-order valence-corrected chi connectivity index (χ0v) is 35.7. The van der Waals surface area contributed by atoms with E-state index in [1.807, 2.05) is 0 Å². The second-order valence-electron chi connectivity index (χ2n) is 15.9. The average molecular weight is 861 g/mol. The van der Waals surface area contributed by atoms with Crippen LogP contribution in [0.3, 0.4) is 0 Å². The number of aliphatic hydroxyl groups is 2. The summed E-state index contributed by atoms with van der Waals surface area (Å²) in [5.74, 6) is -11.4. The van der Waals surface area contributed by atoms with Gasteiger partial charge in [0, 0.05) is 73.4 Å². The number of methoxy groups -OCH3 is 1. The van der Waals surface area contributed by atoms with Gasteiger partial charge in [0.2, 0.25) is 0 Å². The Bertz CT molecular complexity index is 2420. The normalized spacial score (nSPS) is 29.1. The van der Waals surface area contributed by atoms with Gasteiger partial charge in [-0.15, -0.1) is 0 Å². The first-order chi connectivity index (χ1) is 29.1. The molecule has 0 unspecified atom stereocenters. The molecule has 17 heteroatoms. The summed E-state index contributed by atoms with van der Waals surface area (Å²) in [6.07, 6.45) is 4.05. The third-order valence-electron chi connectivity index (χ3n) is 11.6. The smallest absolute Gasteiger partial charge is 0.339 e. The maximum absolute atomic E-state index is 14.4. The van der Waals surface area contributed by atoms with Crippen molar-refractivity contribution in [1.29, 1.82) is 0 Å². The van der Waals surface area contributed by atoms with Crippen LogP contribution >= 0.6 is 0 Å². The van der Waals surface area contributed by atoms with Crippen molar-refractivity contribution in [3.05, 3.63) is 76.6 Å². The summed E-state index contributed by atoms with van der Waals surface area (Å²) in [6.45, 7) is 12.1. The molecule has 9 atom stereocenters. The van der Waals surface area contributed by atoms with E-state index in [1.165, 1.54) is 59.1 Å². The number of phenols is 4. The van der Waals surface area contributed by atoms with E-state index in [-0.39, 0.29) is 33.7 Å². The number of benzene rings is 3. The van der Waals surface area contributed by atoms with E-state index in [4.69, 9.17) is 18.9 Å². The summed E-state index contributed by atoms with van der Waals surface area (Å²) in [7, 11) is 1.40. The van der Waals surface area contributed by atoms with Gasteiger partial charge in [-0.05, 0) is 32.1 Å². The summed E-state index contributed by atoms with van der Waals surface area (Å²) >= 11 is 0. The van der Waals surface area contributed by atoms with Crippen LogP contribution in [0.5, 0.6) is 28.7 Å². The van der Waals surface area contributed by atoms with Crippen LogP contribution in [0.25, 0.3) is 10.8 Å². The first-order valence-electron chi connectivity index (χ1n) is 19.7. The molecule has 6 rings (SSSR count). The third-order valence-corrected chi connectivity index (χ3v) is 11.6. The summed E-state index contributed by atoms with van der Waals surface area (Å²) in [6, 6.07) is 3.38. The van der Waals surface area contributed by atoms with E-state index in [9.17, 15) is 54.9 Å². The number of nitrogens with one attached hydrogen (secondary N) is 1. The van der Waals surface area contributed by atoms with Gasteiger partial charge in [-0.25, -0.2) is 4.79 Å². The highest BCUT2D eigenvalue weighted by Crippen LogP contribution is 2.55. The number of esters is 1. The summed E-state index contributed by atoms with van der Waals surface area (Å²) in [5, 5.41) is 79.7. The van der Waals surface area contributed by atoms with Gasteiger partial charge in [-0.1, -0.05) is 45.9 Å². The number of nitrogens with zero attached hydrogens (tertiary/aromatic N) is 1. The quantitative estimate of drug-likeness (QED) is 0.0641. The van der Waals surface area contributed by atoms with Gasteiger partial charge in [0.15, 0.2) is 5.75 Å². The van der Waals surface area contributed by atoms with E-state index < -0.39 is 123 Å². The number of aromatic hydroxyl groups is 4. The fourth-order valence-electron chi connectivity index (χ4n) is 7.79. The number of rotatable bonds is 5. The number of carboxylic acid groups (broad SMARTS) is 1. The lowest BCUT2D eigenvalue weighted by molar-refractivity contribution is -0.160. The molecule has 0 fully saturated rings. The molecule has 17 nitrogen and oxygen atoms in total. The van der Waals surface area contributed by atoms with E-state index in [2.05, 4.69) is 10.3 Å². The van der Waals surface area contributed by atoms with E-state index in [0.717, 1.165) is 24.6 Å². The van der Waals surface area contributed by atoms with Crippen LogP contribution in [0.2, 0.25) is 0 Å². The van der Waals surface area contributed by atoms with Crippen LogP contribution in [0.1, 0.15) is 80.3 Å². The predicted molar refractivity (Wildman–Crippen MR) is 226 cm³/mol. The van der Waals surface area contributed by atoms with Gasteiger partial charge in [0.25, 0.3) is 11.7 Å². The standard InChI is InChI=1S/C45H52N2O15/c1-19-11-10-12-20(2)43(56)47-34-28(18-46-26-13-14-27(44(57)58)29(49)17-26)38(53)31-32(39(34)54)37(52)24(6)41-33(31)42(55)45(8,62-41)60-16-15-30(59-9)21(3)40(61-25(7)48)23(5)36(51)22(4)35(19)50/h10-19,21-23,30,35-36,40,49-54H,1-9H3,(H,47,56)(H,57,58)/b11-10+,16-15+,20-12+,46-18?/t19-,21+,22+,23+,30-,35-,36+,40+,45-/m0/s1. The second kappa shape index (κ2) is 18.3. The van der Waals surface area contributed by atoms with Gasteiger partial charge >= 0.3 is 17.7 Å². The molecule has 0 radical (unpaired) electrons. The third kappa shape index (κ3) is 8.82. The zero-order valence-electron chi connectivity index (χ0n) is 35.7. The molecule has 0 spiro atoms. The van der Waals surface area contributed by atoms with Crippen molar-refractivity contribution in [3.63, 3.8) is 0 Å². The predicted octanol–water partition coefficient (Wildman–Crippen LogP) is 5.91. The second-order valence-corrected chi connectivity index (χ2v) is 15.9. The Kier molecular flexibility index (Phi) is 13.7. The molecule has 0 saturated heterocycles. The summed E-state index contributed by atoms with van der Waals surface area (Å²) in [5.41, 5.74) is -1.50. The van der Waals surface area contributed by atoms with Crippen LogP contribution in [0, 0.1) is 30.6 Å². The van der Waals surface area contributed by atoms with Crippen molar-refractivity contribution in [2.75, 3.05) is 12.4 Å². The molecular weight excluding hydrogens is 808 g/mol. The van der Waals surface area contributed by atoms with Gasteiger partial charge < -0.3 is 60.0 Å². The lowest BCUT2D eigenvalue weighted by Gasteiger charge is -2.38. The highest BCUT2D eigenvalue weighted by molar-refractivity contribution is 6.24. The minimum atomic E-state index is -2.14. The van der Waals surface area contributed by atoms with Crippen molar-refractivity contribution in [3.8, 4) is 28.7 Å². The van der Waals surface area contributed by atoms with E-state index >= 15 is 0 Å². The Balaban J connectivity index is 1.74. The zero-order chi connectivity index (χ0) is 46.1. The van der Waals surface area contributed by atoms with Crippen LogP contribution in [0.4, 0.5) is 11.4 Å². The number of hydrogen-bond acceptors (Lipinski definition) is 15. The maximum atomic E-state index is 14.4. The Hall–Kier alpha value is -6.43. The number of carbonyl (C=O) groups excluding carboxylic acids is 3. The minimum absolute atomic E-state index is 0.00995. The topological polar surface area (TPSA) is 271 Å². The summed E-state index contributed by atoms with van der Waals surface area (Å²) in [4.78, 5) is 56.2. The fraction of sp³-hybridized carbons (Fsp3) is 0.400. The molecule has 3 aliphatic rings. The minimum Gasteiger partial charge on any atom is -0.507 e. The molecule has 1 amide bonds. The number of phenolic OH excluding ortho intramolecular Hbond substituents is 3. The Morgan fingerprint density at radius 1 is 0.919 bits per heavy atom. The Morgan fingerprint density at radius 3 is 2.21 bits per heavy atom. The van der Waals surface area contributed by atoms with Crippen molar-refractivity contribution in [1.82, 2.24) is 0 Å². The largest absolute Gasteiger partial charge is 0.507 e. The highest BCUT2D eigenvalue weighted by Gasteiger charge is 2.50. The molecule has 0 aromatic heterocycles. The van der Waals surface area contributed by atoms with Crippen molar-refractivity contribution in [2.45, 2.75) is 85.6 Å². The van der Waals surface area contributed by atoms with Crippen molar-refractivity contribution < 1.29 is 73.9 Å². The Labute approximate surface area is 357 Å². The average Bonchev–Trinajstić information content (AvgIpc) is 3.48. The molecule has 5 bridgehead atoms. The molecule has 0 aliphatic carbocycles. The molecule has 3 aromatic carbocycles. The number of aliphatic imine (C=N–C) groups is 1. The number of fused-ring (bicyclic) bond motifs is 14. The fourth-order valence-corrected chi connectivity index (χ4v) is 7.79. The Morgan fingerprint density at radius 2 is 1.60 bits per heavy atom. The maximum Gasteiger partial charge on any atom is 0.339 e. The van der Waals surface area contributed by atoms with Crippen LogP contribution < -0.4 is 10.1 Å². The van der Waals surface area contributed by atoms with Crippen molar-refractivity contribution in [2.24, 2.45) is 28.7 Å². The first-order valence-corrected chi connectivity index (χ1v) is 19.7. The summed E-state index contributed by atoms with van der Waals surface area (Å²) < 4.78 is 23.4. The molecule has 62 heavy (non-hydrogen) atoms. The number of allylic oxidation sites excluding steroid dienone is 2. The number of amides is 1. The lowest BCUT2D eigenvalue weighted by atomic mass is 9.78. The van der Waals surface area contributed by atoms with Crippen LogP contribution in [-0.4, -0.2) is 103 Å². The molecular formula is C45H52N2O15. The number of aromatic carboxylic acids is 1. The number of ether oxygens (including phenoxy) is 4. The van der Waals surface area contributed by atoms with Crippen LogP contribution in [-0.2, 0) is 23.8 Å². The molecule has 8 N–H and O–H groups in total. The SMILES string of the molecule is CO[C@H]1/C=C/O[C@@]2(C)Oc3c(C)c(O)c4c(O)c(c(C=Nc5ccc(C(=O)O)c(O)c5)c(O)c4c3C2=O)NC(=O)/C(C)=C/C=C/[C@H](C)[C@H](O)[C@@H](C)[C@@H](O)[C@@H](C)[C@H](OC(C)=O)[C@@H]1C. The number of anilines is 1. The monoisotopic (exact) mass is 860 g/mol. The number of hydrogen-bond donors (Lipinski definition) is 8. The molecule has 0 saturated carbocycles. The molecule has 3 aromatic rings. The number of Topliss-reactive ketones (excluding diaryl/α,β-unsaturated/α-hetero) is 1. The van der Waals surface area contributed by atoms with Gasteiger partial charge in [0.05, 0.1) is 52.5 Å². The number of aliphatic hydroxyl groups excluding tert-OH is 2. The van der Waals surface area contributed by atoms with Crippen molar-refractivity contribution >= 4 is 52.0 Å². The molecule has 3 heterocycles. The van der Waals surface area contributed by atoms with E-state index in [0.29, 0.717) is 0 Å². The van der Waals surface area contributed by atoms with Gasteiger partial charge in [-0.2, -0.15) is 0 Å². The first kappa shape index (κ1) is 46.6. The molecule has 332 valence electrons. The number of carboxylic acids is 1. The number of carbonyl (C=O) groups is 4. The van der Waals surface area contributed by atoms with Gasteiger partial charge in [0.1, 0.15) is 34.7 Å². The van der Waals surface area contributed by atoms with E-state index in [1.54, 1.807) is 33.8 Å². The molecule has 3 aliphatic heterocycles.